The van der Waals surface area contributed by atoms with E-state index in [1.54, 1.807) is 0 Å². The van der Waals surface area contributed by atoms with Crippen molar-refractivity contribution in [3.05, 3.63) is 35.4 Å². The molecule has 4 aliphatic carbocycles. The number of piperazine rings is 1. The summed E-state index contributed by atoms with van der Waals surface area (Å²) in [6, 6.07) is 8.55. The highest BCUT2D eigenvalue weighted by molar-refractivity contribution is 5.90. The van der Waals surface area contributed by atoms with Crippen molar-refractivity contribution in [2.45, 2.75) is 63.8 Å². The lowest BCUT2D eigenvalue weighted by molar-refractivity contribution is -0.166. The lowest BCUT2D eigenvalue weighted by atomic mass is 9.49. The number of benzene rings is 1. The second-order valence-electron chi connectivity index (χ2n) is 11.4. The van der Waals surface area contributed by atoms with Crippen LogP contribution in [-0.4, -0.2) is 41.2 Å². The lowest BCUT2D eigenvalue weighted by Crippen LogP contribution is -2.62. The number of fused-ring (bicyclic) bond motifs is 3. The summed E-state index contributed by atoms with van der Waals surface area (Å²) in [6.45, 7) is 6.13. The molecule has 1 aromatic rings. The lowest BCUT2D eigenvalue weighted by Gasteiger charge is -2.57. The standard InChI is InChI=1S/C25H32N2O2/c1-24(2)15-27-21(19-5-3-4-6-20(19)24)13-26(14-22(27)28)23(29)25-10-16-7-17(11-25)9-18(8-16)12-25/h3-6,16-18,21H,7-15H2,1-2H3. The molecule has 7 rings (SSSR count). The maximum atomic E-state index is 13.9. The Morgan fingerprint density at radius 3 is 2.28 bits per heavy atom. The van der Waals surface area contributed by atoms with Crippen LogP contribution in [0.25, 0.3) is 0 Å². The molecule has 1 saturated heterocycles. The summed E-state index contributed by atoms with van der Waals surface area (Å²) in [4.78, 5) is 31.1. The van der Waals surface area contributed by atoms with Gasteiger partial charge in [0.2, 0.25) is 11.8 Å². The molecule has 4 saturated carbocycles. The van der Waals surface area contributed by atoms with Crippen LogP contribution >= 0.6 is 0 Å². The normalized spacial score (nSPS) is 39.3. The molecule has 6 aliphatic rings. The Kier molecular flexibility index (Phi) is 3.63. The van der Waals surface area contributed by atoms with Crippen molar-refractivity contribution in [1.82, 2.24) is 9.80 Å². The van der Waals surface area contributed by atoms with Crippen molar-refractivity contribution in [2.75, 3.05) is 19.6 Å². The van der Waals surface area contributed by atoms with Gasteiger partial charge in [-0.3, -0.25) is 9.59 Å². The van der Waals surface area contributed by atoms with Crippen LogP contribution in [0, 0.1) is 23.2 Å². The summed E-state index contributed by atoms with van der Waals surface area (Å²) in [6.07, 6.45) is 7.22. The predicted octanol–water partition coefficient (Wildman–Crippen LogP) is 3.91. The Labute approximate surface area is 173 Å². The molecular weight excluding hydrogens is 360 g/mol. The molecule has 2 aliphatic heterocycles. The van der Waals surface area contributed by atoms with Gasteiger partial charge in [0.15, 0.2) is 0 Å². The van der Waals surface area contributed by atoms with E-state index in [0.29, 0.717) is 12.5 Å². The molecule has 4 nitrogen and oxygen atoms in total. The Balaban J connectivity index is 1.32. The number of hydrogen-bond acceptors (Lipinski definition) is 2. The highest BCUT2D eigenvalue weighted by Crippen LogP contribution is 2.60. The van der Waals surface area contributed by atoms with Crippen molar-refractivity contribution in [1.29, 1.82) is 0 Å². The highest BCUT2D eigenvalue weighted by Gasteiger charge is 2.56. The fourth-order valence-corrected chi connectivity index (χ4v) is 8.04. The zero-order valence-corrected chi connectivity index (χ0v) is 17.7. The monoisotopic (exact) mass is 392 g/mol. The van der Waals surface area contributed by atoms with Gasteiger partial charge >= 0.3 is 0 Å². The van der Waals surface area contributed by atoms with Crippen molar-refractivity contribution < 1.29 is 9.59 Å². The van der Waals surface area contributed by atoms with Crippen molar-refractivity contribution in [3.63, 3.8) is 0 Å². The van der Waals surface area contributed by atoms with Crippen LogP contribution in [0.2, 0.25) is 0 Å². The molecule has 0 spiro atoms. The largest absolute Gasteiger partial charge is 0.331 e. The average molecular weight is 393 g/mol. The minimum Gasteiger partial charge on any atom is -0.331 e. The zero-order chi connectivity index (χ0) is 20.0. The highest BCUT2D eigenvalue weighted by atomic mass is 16.2. The van der Waals surface area contributed by atoms with Gasteiger partial charge in [-0.15, -0.1) is 0 Å². The predicted molar refractivity (Wildman–Crippen MR) is 111 cm³/mol. The topological polar surface area (TPSA) is 40.6 Å². The Morgan fingerprint density at radius 1 is 1.00 bits per heavy atom. The fraction of sp³-hybridized carbons (Fsp3) is 0.680. The van der Waals surface area contributed by atoms with Crippen molar-refractivity contribution in [2.24, 2.45) is 23.2 Å². The molecule has 0 aromatic heterocycles. The first-order chi connectivity index (χ1) is 13.8. The molecule has 0 radical (unpaired) electrons. The third kappa shape index (κ3) is 2.56. The fourth-order valence-electron chi connectivity index (χ4n) is 8.04. The van der Waals surface area contributed by atoms with Gasteiger partial charge in [-0.25, -0.2) is 0 Å². The molecule has 4 bridgehead atoms. The van der Waals surface area contributed by atoms with E-state index < -0.39 is 0 Å². The summed E-state index contributed by atoms with van der Waals surface area (Å²) in [5.41, 5.74) is 2.36. The van der Waals surface area contributed by atoms with E-state index in [0.717, 1.165) is 43.6 Å². The van der Waals surface area contributed by atoms with Gasteiger partial charge in [-0.1, -0.05) is 38.1 Å². The van der Waals surface area contributed by atoms with Gasteiger partial charge in [-0.2, -0.15) is 0 Å². The van der Waals surface area contributed by atoms with Crippen molar-refractivity contribution >= 4 is 11.8 Å². The zero-order valence-electron chi connectivity index (χ0n) is 17.7. The molecule has 1 atom stereocenters. The molecular formula is C25H32N2O2. The van der Waals surface area contributed by atoms with Crippen LogP contribution < -0.4 is 0 Å². The molecule has 1 unspecified atom stereocenters. The van der Waals surface area contributed by atoms with Crippen LogP contribution in [0.4, 0.5) is 0 Å². The minimum atomic E-state index is -0.162. The first-order valence-electron chi connectivity index (χ1n) is 11.5. The number of hydrogen-bond donors (Lipinski definition) is 0. The van der Waals surface area contributed by atoms with E-state index in [2.05, 4.69) is 38.1 Å². The maximum absolute atomic E-state index is 13.9. The maximum Gasteiger partial charge on any atom is 0.242 e. The van der Waals surface area contributed by atoms with Gasteiger partial charge in [-0.05, 0) is 67.4 Å². The molecule has 4 heteroatoms. The first kappa shape index (κ1) is 18.0. The second kappa shape index (κ2) is 5.86. The molecule has 1 aromatic carbocycles. The summed E-state index contributed by atoms with van der Waals surface area (Å²) >= 11 is 0. The molecule has 154 valence electrons. The Hall–Kier alpha value is -1.84. The number of amides is 2. The van der Waals surface area contributed by atoms with Crippen LogP contribution in [0.3, 0.4) is 0 Å². The van der Waals surface area contributed by atoms with Gasteiger partial charge in [0.1, 0.15) is 0 Å². The van der Waals surface area contributed by atoms with Gasteiger partial charge < -0.3 is 9.80 Å². The number of carbonyl (C=O) groups is 2. The van der Waals surface area contributed by atoms with E-state index in [9.17, 15) is 9.59 Å². The molecule has 0 N–H and O–H groups in total. The summed E-state index contributed by atoms with van der Waals surface area (Å²) in [7, 11) is 0. The quantitative estimate of drug-likeness (QED) is 0.727. The van der Waals surface area contributed by atoms with E-state index in [4.69, 9.17) is 0 Å². The Morgan fingerprint density at radius 2 is 1.62 bits per heavy atom. The van der Waals surface area contributed by atoms with E-state index in [1.165, 1.54) is 30.4 Å². The van der Waals surface area contributed by atoms with E-state index in [1.807, 2.05) is 9.80 Å². The smallest absolute Gasteiger partial charge is 0.242 e. The second-order valence-corrected chi connectivity index (χ2v) is 11.4. The summed E-state index contributed by atoms with van der Waals surface area (Å²) in [5, 5.41) is 0. The van der Waals surface area contributed by atoms with Gasteiger partial charge in [0.25, 0.3) is 0 Å². The summed E-state index contributed by atoms with van der Waals surface area (Å²) < 4.78 is 0. The molecule has 29 heavy (non-hydrogen) atoms. The third-order valence-corrected chi connectivity index (χ3v) is 8.81. The van der Waals surface area contributed by atoms with Crippen LogP contribution in [0.15, 0.2) is 24.3 Å². The minimum absolute atomic E-state index is 0.0123. The van der Waals surface area contributed by atoms with Crippen LogP contribution in [0.1, 0.15) is 69.5 Å². The number of nitrogens with zero attached hydrogens (tertiary/aromatic N) is 2. The van der Waals surface area contributed by atoms with Crippen molar-refractivity contribution in [3.8, 4) is 0 Å². The third-order valence-electron chi connectivity index (χ3n) is 8.81. The van der Waals surface area contributed by atoms with E-state index in [-0.39, 0.29) is 29.3 Å². The number of carbonyl (C=O) groups excluding carboxylic acids is 2. The molecule has 5 fully saturated rings. The molecule has 2 amide bonds. The first-order valence-corrected chi connectivity index (χ1v) is 11.5. The van der Waals surface area contributed by atoms with Crippen LogP contribution in [0.5, 0.6) is 0 Å². The summed E-state index contributed by atoms with van der Waals surface area (Å²) in [5.74, 6) is 2.67. The van der Waals surface area contributed by atoms with Gasteiger partial charge in [0.05, 0.1) is 18.0 Å². The van der Waals surface area contributed by atoms with E-state index >= 15 is 0 Å². The van der Waals surface area contributed by atoms with Gasteiger partial charge in [0, 0.05) is 18.5 Å². The average Bonchev–Trinajstić information content (AvgIpc) is 2.67. The number of rotatable bonds is 1. The SMILES string of the molecule is CC1(C)CN2C(=O)CN(C(=O)C34CC5CC(CC(C5)C3)C4)CC2c2ccccc21. The van der Waals surface area contributed by atoms with Crippen LogP contribution in [-0.2, 0) is 15.0 Å². The molecule has 2 heterocycles. The Bertz CT molecular complexity index is 853.